The molecule has 1 aromatic rings. The van der Waals surface area contributed by atoms with Gasteiger partial charge in [-0.1, -0.05) is 13.8 Å². The molecule has 5 nitrogen and oxygen atoms in total. The first-order valence-electron chi connectivity index (χ1n) is 7.66. The Hall–Kier alpha value is -1.78. The van der Waals surface area contributed by atoms with E-state index in [1.165, 1.54) is 0 Å². The third kappa shape index (κ3) is 5.61. The molecule has 0 fully saturated rings. The summed E-state index contributed by atoms with van der Waals surface area (Å²) in [6.45, 7) is 2.84. The molecule has 0 aliphatic carbocycles. The van der Waals surface area contributed by atoms with Crippen molar-refractivity contribution >= 4 is 5.90 Å². The van der Waals surface area contributed by atoms with Gasteiger partial charge in [-0.2, -0.15) is 0 Å². The van der Waals surface area contributed by atoms with Crippen LogP contribution in [0.3, 0.4) is 0 Å². The van der Waals surface area contributed by atoms with Crippen LogP contribution in [-0.4, -0.2) is 49.3 Å². The lowest BCUT2D eigenvalue weighted by atomic mass is 9.97. The molecular formula is C16H22F5NO4. The van der Waals surface area contributed by atoms with Gasteiger partial charge in [0, 0.05) is 26.7 Å². The zero-order valence-electron chi connectivity index (χ0n) is 14.8. The summed E-state index contributed by atoms with van der Waals surface area (Å²) in [6, 6.07) is -1.11. The molecule has 1 heterocycles. The summed E-state index contributed by atoms with van der Waals surface area (Å²) in [5.41, 5.74) is -1.01. The fourth-order valence-electron chi connectivity index (χ4n) is 2.25. The van der Waals surface area contributed by atoms with Crippen molar-refractivity contribution in [3.05, 3.63) is 34.9 Å². The fourth-order valence-corrected chi connectivity index (χ4v) is 2.25. The van der Waals surface area contributed by atoms with Crippen LogP contribution >= 0.6 is 0 Å². The van der Waals surface area contributed by atoms with Gasteiger partial charge in [-0.15, -0.1) is 0 Å². The highest BCUT2D eigenvalue weighted by molar-refractivity contribution is 5.78. The molecule has 2 rings (SSSR count). The number of aliphatic hydroxyl groups is 2. The number of hydrogen-bond donors (Lipinski definition) is 2. The van der Waals surface area contributed by atoms with E-state index < -0.39 is 59.8 Å². The molecule has 0 saturated heterocycles. The molecule has 0 bridgehead atoms. The van der Waals surface area contributed by atoms with Gasteiger partial charge in [-0.05, 0) is 0 Å². The minimum atomic E-state index is -1.64. The summed E-state index contributed by atoms with van der Waals surface area (Å²) >= 11 is 0. The van der Waals surface area contributed by atoms with Crippen molar-refractivity contribution in [3.63, 3.8) is 0 Å². The third-order valence-electron chi connectivity index (χ3n) is 3.17. The van der Waals surface area contributed by atoms with Crippen molar-refractivity contribution in [2.45, 2.75) is 38.7 Å². The summed E-state index contributed by atoms with van der Waals surface area (Å²) in [5, 5.41) is 16.5. The van der Waals surface area contributed by atoms with Gasteiger partial charge in [0.15, 0.2) is 29.9 Å². The number of ether oxygens (including phenoxy) is 2. The zero-order valence-corrected chi connectivity index (χ0v) is 14.8. The molecule has 1 aliphatic rings. The average molecular weight is 387 g/mol. The highest BCUT2D eigenvalue weighted by Crippen LogP contribution is 2.34. The van der Waals surface area contributed by atoms with Crippen LogP contribution in [0.25, 0.3) is 0 Å². The molecular weight excluding hydrogens is 365 g/mol. The Morgan fingerprint density at radius 2 is 1.69 bits per heavy atom. The van der Waals surface area contributed by atoms with Gasteiger partial charge >= 0.3 is 0 Å². The van der Waals surface area contributed by atoms with E-state index in [2.05, 4.69) is 9.73 Å². The maximum absolute atomic E-state index is 13.8. The van der Waals surface area contributed by atoms with Gasteiger partial charge < -0.3 is 19.7 Å². The van der Waals surface area contributed by atoms with Crippen molar-refractivity contribution in [1.29, 1.82) is 0 Å². The summed E-state index contributed by atoms with van der Waals surface area (Å²) in [6.07, 6.45) is -3.33. The smallest absolute Gasteiger partial charge is 0.218 e. The lowest BCUT2D eigenvalue weighted by molar-refractivity contribution is -0.0659. The van der Waals surface area contributed by atoms with E-state index in [-0.39, 0.29) is 12.5 Å². The Bertz CT molecular complexity index is 574. The van der Waals surface area contributed by atoms with Gasteiger partial charge in [0.05, 0.1) is 11.6 Å². The minimum Gasteiger partial charge on any atom is -0.449 e. The van der Waals surface area contributed by atoms with Crippen LogP contribution in [0, 0.1) is 23.3 Å². The number of benzene rings is 1. The predicted molar refractivity (Wildman–Crippen MR) is 84.4 cm³/mol. The Morgan fingerprint density at radius 3 is 2.12 bits per heavy atom. The van der Waals surface area contributed by atoms with Gasteiger partial charge in [-0.3, -0.25) is 0 Å². The molecule has 0 radical (unpaired) electrons. The quantitative estimate of drug-likeness (QED) is 0.616. The molecule has 1 aliphatic heterocycles. The van der Waals surface area contributed by atoms with E-state index in [4.69, 9.17) is 9.84 Å². The molecule has 0 saturated carbocycles. The molecule has 0 aromatic heterocycles. The van der Waals surface area contributed by atoms with E-state index in [1.54, 1.807) is 0 Å². The highest BCUT2D eigenvalue weighted by Gasteiger charge is 2.36. The van der Waals surface area contributed by atoms with Gasteiger partial charge in [0.1, 0.15) is 6.10 Å². The standard InChI is InChI=1S/C13H12F5NO3.C2H6.CH4O/c1-21-13(7-3-9(20)22-8(4-14)19-7)10-11(17)5(15)2-6(16)12(10)18;2*1-2/h2,7,9,13,20H,3-4H2,1H3;1-2H3;2H,1H3. The zero-order chi connectivity index (χ0) is 20.4. The summed E-state index contributed by atoms with van der Waals surface area (Å²) in [4.78, 5) is 3.70. The largest absolute Gasteiger partial charge is 0.449 e. The average Bonchev–Trinajstić information content (AvgIpc) is 2.66. The maximum atomic E-state index is 13.8. The number of halogens is 5. The van der Waals surface area contributed by atoms with Crippen molar-refractivity contribution in [2.24, 2.45) is 4.99 Å². The first-order chi connectivity index (χ1) is 12.4. The van der Waals surface area contributed by atoms with Crippen LogP contribution in [-0.2, 0) is 9.47 Å². The Kier molecular flexibility index (Phi) is 11.0. The fraction of sp³-hybridized carbons (Fsp3) is 0.562. The van der Waals surface area contributed by atoms with E-state index in [0.29, 0.717) is 0 Å². The number of hydrogen-bond acceptors (Lipinski definition) is 5. The summed E-state index contributed by atoms with van der Waals surface area (Å²) in [7, 11) is 2.04. The minimum absolute atomic E-state index is 0.0655. The van der Waals surface area contributed by atoms with Crippen LogP contribution in [0.5, 0.6) is 0 Å². The molecule has 2 N–H and O–H groups in total. The van der Waals surface area contributed by atoms with Crippen LogP contribution in [0.1, 0.15) is 31.9 Å². The Labute approximate surface area is 148 Å². The van der Waals surface area contributed by atoms with Gasteiger partial charge in [0.25, 0.3) is 0 Å². The highest BCUT2D eigenvalue weighted by atomic mass is 19.2. The van der Waals surface area contributed by atoms with Crippen molar-refractivity contribution in [1.82, 2.24) is 0 Å². The first-order valence-corrected chi connectivity index (χ1v) is 7.66. The Balaban J connectivity index is 0.00000146. The second-order valence-corrected chi connectivity index (χ2v) is 4.57. The SMILES string of the molecule is CC.CO.COC(c1c(F)c(F)cc(F)c1F)C1CC(O)OC(CF)=N1. The molecule has 0 amide bonds. The number of alkyl halides is 1. The van der Waals surface area contributed by atoms with Crippen LogP contribution in [0.15, 0.2) is 11.1 Å². The summed E-state index contributed by atoms with van der Waals surface area (Å²) in [5.74, 6) is -6.97. The first kappa shape index (κ1) is 24.2. The molecule has 10 heteroatoms. The van der Waals surface area contributed by atoms with Crippen LogP contribution in [0.4, 0.5) is 22.0 Å². The maximum Gasteiger partial charge on any atom is 0.218 e. The lowest BCUT2D eigenvalue weighted by Crippen LogP contribution is -2.35. The lowest BCUT2D eigenvalue weighted by Gasteiger charge is -2.30. The van der Waals surface area contributed by atoms with E-state index >= 15 is 0 Å². The van der Waals surface area contributed by atoms with Gasteiger partial charge in [-0.25, -0.2) is 26.9 Å². The molecule has 3 unspecified atom stereocenters. The number of rotatable bonds is 4. The van der Waals surface area contributed by atoms with Crippen molar-refractivity contribution in [3.8, 4) is 0 Å². The van der Waals surface area contributed by atoms with Crippen molar-refractivity contribution < 1.29 is 41.6 Å². The van der Waals surface area contributed by atoms with Crippen molar-refractivity contribution in [2.75, 3.05) is 20.9 Å². The van der Waals surface area contributed by atoms with E-state index in [0.717, 1.165) is 14.2 Å². The molecule has 26 heavy (non-hydrogen) atoms. The molecule has 0 spiro atoms. The molecule has 3 atom stereocenters. The normalized spacial score (nSPS) is 19.9. The van der Waals surface area contributed by atoms with Gasteiger partial charge in [0.2, 0.25) is 12.2 Å². The monoisotopic (exact) mass is 387 g/mol. The number of methoxy groups -OCH3 is 1. The number of nitrogens with zero attached hydrogens (tertiary/aromatic N) is 1. The second kappa shape index (κ2) is 11.8. The van der Waals surface area contributed by atoms with Crippen LogP contribution < -0.4 is 0 Å². The van der Waals surface area contributed by atoms with E-state index in [1.807, 2.05) is 13.8 Å². The van der Waals surface area contributed by atoms with Crippen LogP contribution in [0.2, 0.25) is 0 Å². The molecule has 1 aromatic carbocycles. The summed E-state index contributed by atoms with van der Waals surface area (Å²) < 4.78 is 76.4. The second-order valence-electron chi connectivity index (χ2n) is 4.57. The third-order valence-corrected chi connectivity index (χ3v) is 3.17. The molecule has 150 valence electrons. The predicted octanol–water partition coefficient (Wildman–Crippen LogP) is 3.04. The Morgan fingerprint density at radius 1 is 1.19 bits per heavy atom. The number of aliphatic imine (C=N–C) groups is 1. The topological polar surface area (TPSA) is 71.3 Å². The van der Waals surface area contributed by atoms with E-state index in [9.17, 15) is 27.1 Å². The number of aliphatic hydroxyl groups excluding tert-OH is 2.